The van der Waals surface area contributed by atoms with Crippen LogP contribution >= 0.6 is 0 Å². The Balaban J connectivity index is 1.45. The van der Waals surface area contributed by atoms with Crippen LogP contribution in [-0.4, -0.2) is 49.7 Å². The third-order valence-corrected chi connectivity index (χ3v) is 4.40. The molecule has 1 amide bonds. The first kappa shape index (κ1) is 17.1. The van der Waals surface area contributed by atoms with Gasteiger partial charge in [0, 0.05) is 24.5 Å². The predicted octanol–water partition coefficient (Wildman–Crippen LogP) is 2.49. The molecule has 8 heteroatoms. The summed E-state index contributed by atoms with van der Waals surface area (Å²) in [6, 6.07) is 9.31. The molecule has 138 valence electrons. The lowest BCUT2D eigenvalue weighted by molar-refractivity contribution is 0.0515. The predicted molar refractivity (Wildman–Crippen MR) is 95.1 cm³/mol. The fourth-order valence-electron chi connectivity index (χ4n) is 3.11. The molecular formula is C19H18FN5O2. The van der Waals surface area contributed by atoms with Gasteiger partial charge >= 0.3 is 6.01 Å². The number of carbonyl (C=O) groups excluding carboxylic acids is 1. The molecule has 1 saturated heterocycles. The van der Waals surface area contributed by atoms with Crippen molar-refractivity contribution in [3.8, 4) is 11.7 Å². The van der Waals surface area contributed by atoms with E-state index in [1.54, 1.807) is 21.8 Å². The van der Waals surface area contributed by atoms with E-state index in [2.05, 4.69) is 15.1 Å². The third kappa shape index (κ3) is 3.94. The number of hydrogen-bond acceptors (Lipinski definition) is 5. The molecule has 0 spiro atoms. The average molecular weight is 367 g/mol. The lowest BCUT2D eigenvalue weighted by Gasteiger charge is -2.32. The first-order chi connectivity index (χ1) is 13.2. The minimum absolute atomic E-state index is 0.0580. The third-order valence-electron chi connectivity index (χ3n) is 4.40. The monoisotopic (exact) mass is 367 g/mol. The minimum atomic E-state index is -0.514. The van der Waals surface area contributed by atoms with Crippen molar-refractivity contribution in [2.75, 3.05) is 13.1 Å². The van der Waals surface area contributed by atoms with Crippen molar-refractivity contribution in [3.63, 3.8) is 0 Å². The van der Waals surface area contributed by atoms with Crippen LogP contribution in [0.4, 0.5) is 4.39 Å². The van der Waals surface area contributed by atoms with E-state index in [-0.39, 0.29) is 18.0 Å². The van der Waals surface area contributed by atoms with Crippen molar-refractivity contribution in [3.05, 3.63) is 66.5 Å². The van der Waals surface area contributed by atoms with Crippen LogP contribution in [0.5, 0.6) is 6.01 Å². The first-order valence-corrected chi connectivity index (χ1v) is 8.72. The molecule has 3 heterocycles. The van der Waals surface area contributed by atoms with Crippen LogP contribution in [0.1, 0.15) is 23.2 Å². The van der Waals surface area contributed by atoms with Crippen LogP contribution in [0, 0.1) is 5.82 Å². The van der Waals surface area contributed by atoms with Gasteiger partial charge in [0.2, 0.25) is 0 Å². The quantitative estimate of drug-likeness (QED) is 0.708. The summed E-state index contributed by atoms with van der Waals surface area (Å²) in [6.07, 6.45) is 7.04. The molecule has 1 aliphatic rings. The molecule has 1 atom stereocenters. The van der Waals surface area contributed by atoms with E-state index in [0.717, 1.165) is 30.9 Å². The number of ether oxygens (including phenoxy) is 1. The van der Waals surface area contributed by atoms with Crippen LogP contribution in [-0.2, 0) is 0 Å². The van der Waals surface area contributed by atoms with Gasteiger partial charge in [0.1, 0.15) is 6.10 Å². The van der Waals surface area contributed by atoms with Crippen molar-refractivity contribution >= 4 is 5.91 Å². The maximum absolute atomic E-state index is 12.9. The van der Waals surface area contributed by atoms with Gasteiger partial charge in [-0.25, -0.2) is 19.0 Å². The van der Waals surface area contributed by atoms with Gasteiger partial charge in [-0.3, -0.25) is 4.79 Å². The molecule has 1 aromatic carbocycles. The fourth-order valence-corrected chi connectivity index (χ4v) is 3.11. The standard InChI is InChI=1S/C19H18FN5O2/c20-15-11-21-19(22-12-15)27-17-6-2-8-24(13-17)18(26)14-4-1-5-16(10-14)25-9-3-7-23-25/h1,3-5,7,9-12,17H,2,6,8,13H2. The number of nitrogens with zero attached hydrogens (tertiary/aromatic N) is 5. The van der Waals surface area contributed by atoms with Crippen molar-refractivity contribution in [1.29, 1.82) is 0 Å². The second-order valence-corrected chi connectivity index (χ2v) is 6.32. The van der Waals surface area contributed by atoms with Crippen LogP contribution in [0.3, 0.4) is 0 Å². The largest absolute Gasteiger partial charge is 0.458 e. The summed E-state index contributed by atoms with van der Waals surface area (Å²) >= 11 is 0. The summed E-state index contributed by atoms with van der Waals surface area (Å²) in [5.41, 5.74) is 1.43. The number of likely N-dealkylation sites (tertiary alicyclic amines) is 1. The van der Waals surface area contributed by atoms with E-state index >= 15 is 0 Å². The van der Waals surface area contributed by atoms with Crippen LogP contribution in [0.2, 0.25) is 0 Å². The van der Waals surface area contributed by atoms with Gasteiger partial charge in [-0.05, 0) is 37.1 Å². The summed E-state index contributed by atoms with van der Waals surface area (Å²) in [6.45, 7) is 1.10. The molecule has 7 nitrogen and oxygen atoms in total. The van der Waals surface area contributed by atoms with E-state index in [9.17, 15) is 9.18 Å². The molecular weight excluding hydrogens is 349 g/mol. The van der Waals surface area contributed by atoms with Crippen LogP contribution in [0.25, 0.3) is 5.69 Å². The van der Waals surface area contributed by atoms with Gasteiger partial charge in [-0.15, -0.1) is 0 Å². The lowest BCUT2D eigenvalue weighted by atomic mass is 10.1. The molecule has 3 aromatic rings. The Hall–Kier alpha value is -3.29. The second-order valence-electron chi connectivity index (χ2n) is 6.32. The van der Waals surface area contributed by atoms with E-state index < -0.39 is 5.82 Å². The summed E-state index contributed by atoms with van der Waals surface area (Å²) in [5.74, 6) is -0.572. The molecule has 0 N–H and O–H groups in total. The van der Waals surface area contributed by atoms with Crippen LogP contribution < -0.4 is 4.74 Å². The van der Waals surface area contributed by atoms with Gasteiger partial charge in [0.15, 0.2) is 5.82 Å². The number of benzene rings is 1. The van der Waals surface area contributed by atoms with Crippen molar-refractivity contribution in [2.24, 2.45) is 0 Å². The molecule has 2 aromatic heterocycles. The molecule has 1 aliphatic heterocycles. The Labute approximate surface area is 155 Å². The van der Waals surface area contributed by atoms with Gasteiger partial charge in [0.05, 0.1) is 24.6 Å². The number of hydrogen-bond donors (Lipinski definition) is 0. The number of carbonyl (C=O) groups is 1. The highest BCUT2D eigenvalue weighted by molar-refractivity contribution is 5.94. The zero-order chi connectivity index (χ0) is 18.6. The SMILES string of the molecule is O=C(c1cccc(-n2cccn2)c1)N1CCCC(Oc2ncc(F)cn2)C1. The fraction of sp³-hybridized carbons (Fsp3) is 0.263. The summed E-state index contributed by atoms with van der Waals surface area (Å²) < 4.78 is 20.3. The van der Waals surface area contributed by atoms with Crippen molar-refractivity contribution < 1.29 is 13.9 Å². The maximum Gasteiger partial charge on any atom is 0.316 e. The Morgan fingerprint density at radius 2 is 2.07 bits per heavy atom. The highest BCUT2D eigenvalue weighted by atomic mass is 19.1. The molecule has 1 unspecified atom stereocenters. The summed E-state index contributed by atoms with van der Waals surface area (Å²) in [7, 11) is 0. The Kier molecular flexibility index (Phi) is 4.78. The minimum Gasteiger partial charge on any atom is -0.458 e. The molecule has 27 heavy (non-hydrogen) atoms. The van der Waals surface area contributed by atoms with Gasteiger partial charge in [-0.2, -0.15) is 5.10 Å². The molecule has 0 saturated carbocycles. The summed E-state index contributed by atoms with van der Waals surface area (Å²) in [4.78, 5) is 22.3. The highest BCUT2D eigenvalue weighted by Crippen LogP contribution is 2.19. The Morgan fingerprint density at radius 3 is 2.85 bits per heavy atom. The number of aromatic nitrogens is 4. The summed E-state index contributed by atoms with van der Waals surface area (Å²) in [5, 5.41) is 4.20. The van der Waals surface area contributed by atoms with Gasteiger partial charge in [0.25, 0.3) is 5.91 Å². The van der Waals surface area contributed by atoms with Gasteiger partial charge in [-0.1, -0.05) is 6.07 Å². The molecule has 0 bridgehead atoms. The number of rotatable bonds is 4. The number of amides is 1. The molecule has 4 rings (SSSR count). The first-order valence-electron chi connectivity index (χ1n) is 8.72. The zero-order valence-electron chi connectivity index (χ0n) is 14.5. The Morgan fingerprint density at radius 1 is 1.22 bits per heavy atom. The zero-order valence-corrected chi connectivity index (χ0v) is 14.5. The van der Waals surface area contributed by atoms with E-state index in [0.29, 0.717) is 18.7 Å². The molecule has 0 aliphatic carbocycles. The van der Waals surface area contributed by atoms with Crippen molar-refractivity contribution in [1.82, 2.24) is 24.6 Å². The Bertz CT molecular complexity index is 914. The average Bonchev–Trinajstić information content (AvgIpc) is 3.24. The van der Waals surface area contributed by atoms with Crippen molar-refractivity contribution in [2.45, 2.75) is 18.9 Å². The second kappa shape index (κ2) is 7.53. The van der Waals surface area contributed by atoms with E-state index in [1.807, 2.05) is 30.5 Å². The molecule has 1 fully saturated rings. The van der Waals surface area contributed by atoms with E-state index in [4.69, 9.17) is 4.74 Å². The smallest absolute Gasteiger partial charge is 0.316 e. The van der Waals surface area contributed by atoms with Crippen LogP contribution in [0.15, 0.2) is 55.1 Å². The lowest BCUT2D eigenvalue weighted by Crippen LogP contribution is -2.44. The normalized spacial score (nSPS) is 16.9. The number of piperidine rings is 1. The van der Waals surface area contributed by atoms with Gasteiger partial charge < -0.3 is 9.64 Å². The topological polar surface area (TPSA) is 73.1 Å². The molecule has 0 radical (unpaired) electrons. The van der Waals surface area contributed by atoms with E-state index in [1.165, 1.54) is 0 Å². The number of halogens is 1. The highest BCUT2D eigenvalue weighted by Gasteiger charge is 2.26. The maximum atomic E-state index is 12.9.